The largest absolute Gasteiger partial charge is 0.378 e. The van der Waals surface area contributed by atoms with Crippen molar-refractivity contribution < 1.29 is 4.79 Å². The van der Waals surface area contributed by atoms with E-state index in [1.165, 1.54) is 0 Å². The molecule has 2 N–H and O–H groups in total. The molecule has 5 heteroatoms. The summed E-state index contributed by atoms with van der Waals surface area (Å²) in [6.07, 6.45) is 0.482. The van der Waals surface area contributed by atoms with Gasteiger partial charge in [0.05, 0.1) is 6.54 Å². The molecule has 0 unspecified atom stereocenters. The van der Waals surface area contributed by atoms with Crippen LogP contribution in [0.4, 0.5) is 11.4 Å². The molecule has 0 aliphatic carbocycles. The van der Waals surface area contributed by atoms with Crippen molar-refractivity contribution in [2.75, 3.05) is 10.6 Å². The lowest BCUT2D eigenvalue weighted by molar-refractivity contribution is -0.115. The van der Waals surface area contributed by atoms with E-state index < -0.39 is 0 Å². The lowest BCUT2D eigenvalue weighted by Crippen LogP contribution is -2.09. The standard InChI is InChI=1S/C14H17N3OS/c1-3-13(18)17-12-6-4-5-11(7-12)15-8-14-16-10(2)9-19-14/h4-7,9,15H,3,8H2,1-2H3,(H,17,18). The average Bonchev–Trinajstić information content (AvgIpc) is 2.82. The van der Waals surface area contributed by atoms with Crippen molar-refractivity contribution in [1.82, 2.24) is 4.98 Å². The summed E-state index contributed by atoms with van der Waals surface area (Å²) < 4.78 is 0. The minimum absolute atomic E-state index is 0.0210. The van der Waals surface area contributed by atoms with E-state index in [-0.39, 0.29) is 5.91 Å². The van der Waals surface area contributed by atoms with Gasteiger partial charge in [-0.1, -0.05) is 13.0 Å². The molecule has 1 heterocycles. The Labute approximate surface area is 116 Å². The number of aryl methyl sites for hydroxylation is 1. The zero-order valence-electron chi connectivity index (χ0n) is 11.1. The lowest BCUT2D eigenvalue weighted by Gasteiger charge is -2.08. The predicted octanol–water partition coefficient (Wildman–Crippen LogP) is 3.41. The van der Waals surface area contributed by atoms with Gasteiger partial charge in [-0.2, -0.15) is 0 Å². The molecule has 0 radical (unpaired) electrons. The maximum absolute atomic E-state index is 11.3. The Morgan fingerprint density at radius 1 is 1.37 bits per heavy atom. The first-order chi connectivity index (χ1) is 9.17. The third-order valence-electron chi connectivity index (χ3n) is 2.58. The summed E-state index contributed by atoms with van der Waals surface area (Å²) in [5.74, 6) is 0.0210. The van der Waals surface area contributed by atoms with E-state index in [1.807, 2.05) is 43.5 Å². The predicted molar refractivity (Wildman–Crippen MR) is 79.5 cm³/mol. The number of aromatic nitrogens is 1. The SMILES string of the molecule is CCC(=O)Nc1cccc(NCc2nc(C)cs2)c1. The molecular weight excluding hydrogens is 258 g/mol. The van der Waals surface area contributed by atoms with Crippen LogP contribution in [0.5, 0.6) is 0 Å². The van der Waals surface area contributed by atoms with Crippen molar-refractivity contribution in [2.24, 2.45) is 0 Å². The van der Waals surface area contributed by atoms with Crippen molar-refractivity contribution in [1.29, 1.82) is 0 Å². The topological polar surface area (TPSA) is 54.0 Å². The van der Waals surface area contributed by atoms with Crippen LogP contribution in [-0.2, 0) is 11.3 Å². The Hall–Kier alpha value is -1.88. The monoisotopic (exact) mass is 275 g/mol. The van der Waals surface area contributed by atoms with E-state index in [2.05, 4.69) is 15.6 Å². The number of benzene rings is 1. The lowest BCUT2D eigenvalue weighted by atomic mass is 10.2. The molecule has 0 atom stereocenters. The number of carbonyl (C=O) groups excluding carboxylic acids is 1. The molecule has 0 aliphatic rings. The van der Waals surface area contributed by atoms with Gasteiger partial charge in [-0.3, -0.25) is 4.79 Å². The molecule has 4 nitrogen and oxygen atoms in total. The van der Waals surface area contributed by atoms with Crippen molar-refractivity contribution >= 4 is 28.6 Å². The van der Waals surface area contributed by atoms with E-state index in [0.29, 0.717) is 13.0 Å². The molecule has 19 heavy (non-hydrogen) atoms. The molecular formula is C14H17N3OS. The molecule has 0 bridgehead atoms. The van der Waals surface area contributed by atoms with Crippen LogP contribution in [0.1, 0.15) is 24.0 Å². The van der Waals surface area contributed by atoms with Crippen LogP contribution in [0.25, 0.3) is 0 Å². The number of amides is 1. The molecule has 0 saturated heterocycles. The van der Waals surface area contributed by atoms with Crippen LogP contribution >= 0.6 is 11.3 Å². The quantitative estimate of drug-likeness (QED) is 0.879. The zero-order chi connectivity index (χ0) is 13.7. The van der Waals surface area contributed by atoms with Gasteiger partial charge < -0.3 is 10.6 Å². The number of anilines is 2. The van der Waals surface area contributed by atoms with E-state index in [0.717, 1.165) is 22.1 Å². The van der Waals surface area contributed by atoms with Gasteiger partial charge in [0.25, 0.3) is 0 Å². The highest BCUT2D eigenvalue weighted by Crippen LogP contribution is 2.17. The normalized spacial score (nSPS) is 10.2. The van der Waals surface area contributed by atoms with E-state index in [1.54, 1.807) is 11.3 Å². The highest BCUT2D eigenvalue weighted by atomic mass is 32.1. The van der Waals surface area contributed by atoms with Gasteiger partial charge in [-0.05, 0) is 25.1 Å². The average molecular weight is 275 g/mol. The highest BCUT2D eigenvalue weighted by molar-refractivity contribution is 7.09. The second kappa shape index (κ2) is 6.33. The minimum atomic E-state index is 0.0210. The maximum Gasteiger partial charge on any atom is 0.224 e. The van der Waals surface area contributed by atoms with Crippen LogP contribution in [0.15, 0.2) is 29.6 Å². The fourth-order valence-corrected chi connectivity index (χ4v) is 2.33. The highest BCUT2D eigenvalue weighted by Gasteiger charge is 2.01. The number of thiazole rings is 1. The zero-order valence-corrected chi connectivity index (χ0v) is 11.9. The van der Waals surface area contributed by atoms with E-state index >= 15 is 0 Å². The van der Waals surface area contributed by atoms with Gasteiger partial charge >= 0.3 is 0 Å². The number of nitrogens with one attached hydrogen (secondary N) is 2. The Balaban J connectivity index is 1.97. The molecule has 0 aliphatic heterocycles. The Kier molecular flexibility index (Phi) is 4.52. The number of hydrogen-bond donors (Lipinski definition) is 2. The first kappa shape index (κ1) is 13.5. The van der Waals surface area contributed by atoms with Gasteiger partial charge in [0.2, 0.25) is 5.91 Å². The number of carbonyl (C=O) groups is 1. The number of nitrogens with zero attached hydrogens (tertiary/aromatic N) is 1. The summed E-state index contributed by atoms with van der Waals surface area (Å²) in [6.45, 7) is 4.52. The fraction of sp³-hybridized carbons (Fsp3) is 0.286. The van der Waals surface area contributed by atoms with Gasteiger partial charge in [-0.25, -0.2) is 4.98 Å². The summed E-state index contributed by atoms with van der Waals surface area (Å²) in [7, 11) is 0. The van der Waals surface area contributed by atoms with Crippen molar-refractivity contribution in [3.63, 3.8) is 0 Å². The third kappa shape index (κ3) is 4.06. The number of rotatable bonds is 5. The fourth-order valence-electron chi connectivity index (χ4n) is 1.62. The molecule has 2 rings (SSSR count). The summed E-state index contributed by atoms with van der Waals surface area (Å²) >= 11 is 1.64. The van der Waals surface area contributed by atoms with E-state index in [4.69, 9.17) is 0 Å². The van der Waals surface area contributed by atoms with Crippen LogP contribution in [0.3, 0.4) is 0 Å². The van der Waals surface area contributed by atoms with Gasteiger partial charge in [0.15, 0.2) is 0 Å². The Morgan fingerprint density at radius 3 is 2.84 bits per heavy atom. The molecule has 0 spiro atoms. The molecule has 1 amide bonds. The summed E-state index contributed by atoms with van der Waals surface area (Å²) in [6, 6.07) is 7.70. The minimum Gasteiger partial charge on any atom is -0.378 e. The van der Waals surface area contributed by atoms with Crippen LogP contribution < -0.4 is 10.6 Å². The summed E-state index contributed by atoms with van der Waals surface area (Å²) in [4.78, 5) is 15.7. The van der Waals surface area contributed by atoms with E-state index in [9.17, 15) is 4.79 Å². The van der Waals surface area contributed by atoms with Crippen LogP contribution in [0, 0.1) is 6.92 Å². The second-order valence-electron chi connectivity index (χ2n) is 4.22. The summed E-state index contributed by atoms with van der Waals surface area (Å²) in [5, 5.41) is 9.24. The van der Waals surface area contributed by atoms with Gasteiger partial charge in [0.1, 0.15) is 5.01 Å². The maximum atomic E-state index is 11.3. The summed E-state index contributed by atoms with van der Waals surface area (Å²) in [5.41, 5.74) is 2.83. The van der Waals surface area contributed by atoms with Crippen LogP contribution in [-0.4, -0.2) is 10.9 Å². The Bertz CT molecular complexity index is 565. The molecule has 1 aromatic heterocycles. The smallest absolute Gasteiger partial charge is 0.224 e. The Morgan fingerprint density at radius 2 is 2.16 bits per heavy atom. The van der Waals surface area contributed by atoms with Gasteiger partial charge in [-0.15, -0.1) is 11.3 Å². The molecule has 1 aromatic carbocycles. The molecule has 2 aromatic rings. The molecule has 100 valence electrons. The van der Waals surface area contributed by atoms with Gasteiger partial charge in [0, 0.05) is 28.9 Å². The third-order valence-corrected chi connectivity index (χ3v) is 3.54. The second-order valence-corrected chi connectivity index (χ2v) is 5.16. The van der Waals surface area contributed by atoms with Crippen molar-refractivity contribution in [3.05, 3.63) is 40.3 Å². The van der Waals surface area contributed by atoms with Crippen molar-refractivity contribution in [2.45, 2.75) is 26.8 Å². The molecule has 0 fully saturated rings. The number of hydrogen-bond acceptors (Lipinski definition) is 4. The first-order valence-corrected chi connectivity index (χ1v) is 7.10. The van der Waals surface area contributed by atoms with Crippen LogP contribution in [0.2, 0.25) is 0 Å². The first-order valence-electron chi connectivity index (χ1n) is 6.22. The molecule has 0 saturated carbocycles. The van der Waals surface area contributed by atoms with Crippen molar-refractivity contribution in [3.8, 4) is 0 Å².